The SMILES string of the molecule is CN(C)CCCOc1ccc(CCNC(=O)c2cc(I)c[nH]2)cc1I. The van der Waals surface area contributed by atoms with Crippen molar-refractivity contribution in [3.8, 4) is 5.75 Å². The van der Waals surface area contributed by atoms with Crippen molar-refractivity contribution >= 4 is 51.1 Å². The zero-order valence-corrected chi connectivity index (χ0v) is 18.8. The van der Waals surface area contributed by atoms with E-state index in [0.29, 0.717) is 12.2 Å². The molecule has 7 heteroatoms. The summed E-state index contributed by atoms with van der Waals surface area (Å²) in [6.45, 7) is 2.35. The van der Waals surface area contributed by atoms with Crippen LogP contribution in [0.15, 0.2) is 30.5 Å². The van der Waals surface area contributed by atoms with Crippen molar-refractivity contribution in [3.05, 3.63) is 48.9 Å². The highest BCUT2D eigenvalue weighted by molar-refractivity contribution is 14.1. The number of benzene rings is 1. The van der Waals surface area contributed by atoms with E-state index in [1.165, 1.54) is 5.56 Å². The number of halogens is 2. The van der Waals surface area contributed by atoms with Crippen molar-refractivity contribution in [3.63, 3.8) is 0 Å². The molecule has 2 N–H and O–H groups in total. The Kier molecular flexibility index (Phi) is 8.50. The molecule has 0 unspecified atom stereocenters. The summed E-state index contributed by atoms with van der Waals surface area (Å²) >= 11 is 4.48. The molecule has 5 nitrogen and oxygen atoms in total. The number of ether oxygens (including phenoxy) is 1. The molecule has 0 saturated heterocycles. The van der Waals surface area contributed by atoms with Crippen LogP contribution >= 0.6 is 45.2 Å². The molecular weight excluding hydrogens is 544 g/mol. The highest BCUT2D eigenvalue weighted by Crippen LogP contribution is 2.22. The molecule has 0 atom stereocenters. The maximum atomic E-state index is 12.0. The third kappa shape index (κ3) is 7.14. The molecule has 1 aromatic heterocycles. The maximum absolute atomic E-state index is 12.0. The van der Waals surface area contributed by atoms with Gasteiger partial charge in [-0.25, -0.2) is 0 Å². The van der Waals surface area contributed by atoms with Gasteiger partial charge in [0, 0.05) is 22.9 Å². The zero-order chi connectivity index (χ0) is 18.2. The molecule has 0 aliphatic rings. The first-order valence-electron chi connectivity index (χ1n) is 8.14. The molecule has 136 valence electrons. The van der Waals surface area contributed by atoms with Crippen LogP contribution < -0.4 is 10.1 Å². The first kappa shape index (κ1) is 20.5. The van der Waals surface area contributed by atoms with Gasteiger partial charge in [0.15, 0.2) is 0 Å². The summed E-state index contributed by atoms with van der Waals surface area (Å²) in [4.78, 5) is 17.1. The Balaban J connectivity index is 1.77. The number of rotatable bonds is 9. The van der Waals surface area contributed by atoms with Crippen LogP contribution in [-0.4, -0.2) is 49.6 Å². The van der Waals surface area contributed by atoms with Gasteiger partial charge in [0.25, 0.3) is 5.91 Å². The van der Waals surface area contributed by atoms with Crippen LogP contribution in [0.2, 0.25) is 0 Å². The average molecular weight is 567 g/mol. The molecule has 1 amide bonds. The molecule has 2 aromatic rings. The van der Waals surface area contributed by atoms with Gasteiger partial charge in [-0.2, -0.15) is 0 Å². The Morgan fingerprint density at radius 3 is 2.72 bits per heavy atom. The molecule has 0 fully saturated rings. The topological polar surface area (TPSA) is 57.4 Å². The van der Waals surface area contributed by atoms with Gasteiger partial charge in [0.05, 0.1) is 10.2 Å². The van der Waals surface area contributed by atoms with E-state index in [9.17, 15) is 4.79 Å². The Hall–Kier alpha value is -0.810. The summed E-state index contributed by atoms with van der Waals surface area (Å²) < 4.78 is 7.96. The Morgan fingerprint density at radius 1 is 1.28 bits per heavy atom. The van der Waals surface area contributed by atoms with E-state index < -0.39 is 0 Å². The number of nitrogens with zero attached hydrogens (tertiary/aromatic N) is 1. The summed E-state index contributed by atoms with van der Waals surface area (Å²) in [5, 5.41) is 2.94. The third-order valence-electron chi connectivity index (χ3n) is 3.60. The van der Waals surface area contributed by atoms with Gasteiger partial charge in [0.2, 0.25) is 0 Å². The first-order chi connectivity index (χ1) is 12.0. The first-order valence-corrected chi connectivity index (χ1v) is 10.3. The van der Waals surface area contributed by atoms with Gasteiger partial charge in [-0.1, -0.05) is 6.07 Å². The number of nitrogens with one attached hydrogen (secondary N) is 2. The minimum Gasteiger partial charge on any atom is -0.492 e. The highest BCUT2D eigenvalue weighted by Gasteiger charge is 2.08. The van der Waals surface area contributed by atoms with E-state index in [2.05, 4.69) is 86.6 Å². The van der Waals surface area contributed by atoms with Crippen LogP contribution in [0.4, 0.5) is 0 Å². The molecule has 25 heavy (non-hydrogen) atoms. The fourth-order valence-corrected chi connectivity index (χ4v) is 3.50. The minimum absolute atomic E-state index is 0.0709. The molecule has 0 aliphatic heterocycles. The van der Waals surface area contributed by atoms with Gasteiger partial charge in [-0.3, -0.25) is 4.79 Å². The lowest BCUT2D eigenvalue weighted by Gasteiger charge is -2.12. The van der Waals surface area contributed by atoms with Crippen LogP contribution in [0.1, 0.15) is 22.5 Å². The molecular formula is C18H23I2N3O2. The predicted octanol–water partition coefficient (Wildman–Crippen LogP) is 3.53. The van der Waals surface area contributed by atoms with E-state index in [1.807, 2.05) is 18.3 Å². The predicted molar refractivity (Wildman–Crippen MR) is 117 cm³/mol. The average Bonchev–Trinajstić information content (AvgIpc) is 2.99. The van der Waals surface area contributed by atoms with Crippen molar-refractivity contribution < 1.29 is 9.53 Å². The number of hydrogen-bond donors (Lipinski definition) is 2. The van der Waals surface area contributed by atoms with E-state index in [-0.39, 0.29) is 5.91 Å². The van der Waals surface area contributed by atoms with Crippen molar-refractivity contribution in [1.82, 2.24) is 15.2 Å². The lowest BCUT2D eigenvalue weighted by atomic mass is 10.1. The minimum atomic E-state index is -0.0709. The lowest BCUT2D eigenvalue weighted by Crippen LogP contribution is -2.25. The van der Waals surface area contributed by atoms with Crippen LogP contribution in [-0.2, 0) is 6.42 Å². The van der Waals surface area contributed by atoms with Gasteiger partial charge >= 0.3 is 0 Å². The summed E-state index contributed by atoms with van der Waals surface area (Å²) in [7, 11) is 4.13. The highest BCUT2D eigenvalue weighted by atomic mass is 127. The molecule has 0 aliphatic carbocycles. The van der Waals surface area contributed by atoms with E-state index >= 15 is 0 Å². The van der Waals surface area contributed by atoms with Crippen molar-refractivity contribution in [2.75, 3.05) is 33.8 Å². The quantitative estimate of drug-likeness (QED) is 0.361. The van der Waals surface area contributed by atoms with E-state index in [1.54, 1.807) is 0 Å². The number of carbonyl (C=O) groups is 1. The Morgan fingerprint density at radius 2 is 2.08 bits per heavy atom. The monoisotopic (exact) mass is 567 g/mol. The number of H-pyrrole nitrogens is 1. The maximum Gasteiger partial charge on any atom is 0.267 e. The lowest BCUT2D eigenvalue weighted by molar-refractivity contribution is 0.0950. The number of amides is 1. The second kappa shape index (κ2) is 10.4. The smallest absolute Gasteiger partial charge is 0.267 e. The third-order valence-corrected chi connectivity index (χ3v) is 5.06. The Bertz CT molecular complexity index is 701. The van der Waals surface area contributed by atoms with Crippen LogP contribution in [0, 0.1) is 7.14 Å². The zero-order valence-electron chi connectivity index (χ0n) is 14.4. The molecule has 2 rings (SSSR count). The largest absolute Gasteiger partial charge is 0.492 e. The van der Waals surface area contributed by atoms with E-state index in [0.717, 1.165) is 38.9 Å². The van der Waals surface area contributed by atoms with Gasteiger partial charge < -0.3 is 19.9 Å². The summed E-state index contributed by atoms with van der Waals surface area (Å²) in [6.07, 6.45) is 3.62. The fourth-order valence-electron chi connectivity index (χ4n) is 2.29. The Labute approximate surface area is 176 Å². The molecule has 0 bridgehead atoms. The van der Waals surface area contributed by atoms with Gasteiger partial charge in [0.1, 0.15) is 11.4 Å². The summed E-state index contributed by atoms with van der Waals surface area (Å²) in [5.41, 5.74) is 1.78. The second-order valence-corrected chi connectivity index (χ2v) is 8.42. The summed E-state index contributed by atoms with van der Waals surface area (Å²) in [5.74, 6) is 0.853. The van der Waals surface area contributed by atoms with Gasteiger partial charge in [-0.05, 0) is 95.9 Å². The number of aromatic amines is 1. The number of aromatic nitrogens is 1. The second-order valence-electron chi connectivity index (χ2n) is 6.01. The van der Waals surface area contributed by atoms with Crippen LogP contribution in [0.3, 0.4) is 0 Å². The molecule has 1 aromatic carbocycles. The number of hydrogen-bond acceptors (Lipinski definition) is 3. The van der Waals surface area contributed by atoms with Gasteiger partial charge in [-0.15, -0.1) is 0 Å². The molecule has 1 heterocycles. The number of carbonyl (C=O) groups excluding carboxylic acids is 1. The van der Waals surface area contributed by atoms with E-state index in [4.69, 9.17) is 4.74 Å². The molecule has 0 radical (unpaired) electrons. The van der Waals surface area contributed by atoms with Crippen molar-refractivity contribution in [2.45, 2.75) is 12.8 Å². The summed E-state index contributed by atoms with van der Waals surface area (Å²) in [6, 6.07) is 8.03. The van der Waals surface area contributed by atoms with Crippen molar-refractivity contribution in [1.29, 1.82) is 0 Å². The van der Waals surface area contributed by atoms with Crippen LogP contribution in [0.25, 0.3) is 0 Å². The normalized spacial score (nSPS) is 10.9. The fraction of sp³-hybridized carbons (Fsp3) is 0.389. The molecule has 0 spiro atoms. The molecule has 0 saturated carbocycles. The van der Waals surface area contributed by atoms with Crippen LogP contribution in [0.5, 0.6) is 5.75 Å². The standard InChI is InChI=1S/C18H23I2N3O2/c1-23(2)8-3-9-25-17-5-4-13(10-15(17)20)6-7-21-18(24)16-11-14(19)12-22-16/h4-5,10-12,22H,3,6-9H2,1-2H3,(H,21,24). The van der Waals surface area contributed by atoms with Crippen molar-refractivity contribution in [2.24, 2.45) is 0 Å².